The van der Waals surface area contributed by atoms with Crippen LogP contribution in [0.5, 0.6) is 23.0 Å². The number of ether oxygens (including phenoxy) is 4. The smallest absolute Gasteiger partial charge is 0.122 e. The minimum Gasteiger partial charge on any atom is -0.491 e. The number of benzene rings is 4. The van der Waals surface area contributed by atoms with E-state index in [1.54, 1.807) is 0 Å². The van der Waals surface area contributed by atoms with Gasteiger partial charge in [0.25, 0.3) is 0 Å². The molecule has 2 N–H and O–H groups in total. The molecule has 0 fully saturated rings. The molecule has 0 saturated heterocycles. The van der Waals surface area contributed by atoms with Crippen LogP contribution in [0, 0.1) is 0 Å². The molecule has 0 spiro atoms. The largest absolute Gasteiger partial charge is 0.491 e. The van der Waals surface area contributed by atoms with Crippen LogP contribution < -0.4 is 18.9 Å². The van der Waals surface area contributed by atoms with Crippen molar-refractivity contribution in [2.24, 2.45) is 0 Å². The third kappa shape index (κ3) is 8.50. The van der Waals surface area contributed by atoms with Crippen molar-refractivity contribution in [1.29, 1.82) is 0 Å². The summed E-state index contributed by atoms with van der Waals surface area (Å²) in [4.78, 5) is 0. The highest BCUT2D eigenvalue weighted by Crippen LogP contribution is 2.33. The normalized spacial score (nSPS) is 12.8. The number of hydrogen-bond donors (Lipinski definition) is 2. The molecule has 2 atom stereocenters. The number of para-hydroxylation sites is 2. The van der Waals surface area contributed by atoms with Crippen LogP contribution in [0.1, 0.15) is 25.0 Å². The summed E-state index contributed by atoms with van der Waals surface area (Å²) in [5.74, 6) is 2.81. The highest BCUT2D eigenvalue weighted by atomic mass is 16.5. The Morgan fingerprint density at radius 2 is 0.744 bits per heavy atom. The molecule has 204 valence electrons. The van der Waals surface area contributed by atoms with Gasteiger partial charge in [-0.25, -0.2) is 0 Å². The standard InChI is InChI=1S/C33H36O6/c1-33(2,25-13-17-31(18-14-25)38-23-27(34)21-36-29-9-5-3-6-10-29)26-15-19-32(20-16-26)39-24-28(35)22-37-30-11-7-4-8-12-30/h3-20,27-28,34-35H,21-24H2,1-2H3. The summed E-state index contributed by atoms with van der Waals surface area (Å²) in [5, 5.41) is 20.4. The summed E-state index contributed by atoms with van der Waals surface area (Å²) < 4.78 is 22.7. The molecule has 4 rings (SSSR count). The van der Waals surface area contributed by atoms with Crippen LogP contribution in [-0.2, 0) is 5.41 Å². The predicted octanol–water partition coefficient (Wildman–Crippen LogP) is 5.65. The van der Waals surface area contributed by atoms with Crippen LogP contribution in [0.3, 0.4) is 0 Å². The number of aliphatic hydroxyl groups excluding tert-OH is 2. The molecule has 6 heteroatoms. The van der Waals surface area contributed by atoms with E-state index in [0.29, 0.717) is 23.0 Å². The van der Waals surface area contributed by atoms with E-state index in [1.807, 2.05) is 109 Å². The van der Waals surface area contributed by atoms with Gasteiger partial charge in [-0.15, -0.1) is 0 Å². The van der Waals surface area contributed by atoms with Crippen molar-refractivity contribution in [1.82, 2.24) is 0 Å². The molecule has 0 aliphatic heterocycles. The summed E-state index contributed by atoms with van der Waals surface area (Å²) in [6, 6.07) is 34.6. The third-order valence-electron chi connectivity index (χ3n) is 6.41. The van der Waals surface area contributed by atoms with E-state index >= 15 is 0 Å². The third-order valence-corrected chi connectivity index (χ3v) is 6.41. The maximum absolute atomic E-state index is 10.2. The van der Waals surface area contributed by atoms with Crippen molar-refractivity contribution in [3.63, 3.8) is 0 Å². The lowest BCUT2D eigenvalue weighted by Crippen LogP contribution is -2.25. The molecule has 0 heterocycles. The monoisotopic (exact) mass is 528 g/mol. The Labute approximate surface area is 230 Å². The summed E-state index contributed by atoms with van der Waals surface area (Å²) in [5.41, 5.74) is 2.01. The average molecular weight is 529 g/mol. The zero-order chi connectivity index (χ0) is 27.5. The first-order valence-electron chi connectivity index (χ1n) is 13.1. The molecule has 2 unspecified atom stereocenters. The second-order valence-electron chi connectivity index (χ2n) is 9.85. The number of hydrogen-bond acceptors (Lipinski definition) is 6. The van der Waals surface area contributed by atoms with E-state index in [2.05, 4.69) is 13.8 Å². The predicted molar refractivity (Wildman–Crippen MR) is 152 cm³/mol. The van der Waals surface area contributed by atoms with E-state index in [-0.39, 0.29) is 31.8 Å². The van der Waals surface area contributed by atoms with Crippen LogP contribution in [0.4, 0.5) is 0 Å². The van der Waals surface area contributed by atoms with Gasteiger partial charge in [0.15, 0.2) is 0 Å². The van der Waals surface area contributed by atoms with E-state index < -0.39 is 12.2 Å². The number of rotatable bonds is 14. The number of aliphatic hydroxyl groups is 2. The molecule has 0 aliphatic carbocycles. The van der Waals surface area contributed by atoms with Gasteiger partial charge in [-0.3, -0.25) is 0 Å². The zero-order valence-electron chi connectivity index (χ0n) is 22.4. The van der Waals surface area contributed by atoms with Gasteiger partial charge in [0, 0.05) is 5.41 Å². The minimum atomic E-state index is -0.737. The molecule has 0 radical (unpaired) electrons. The molecule has 0 aromatic heterocycles. The fourth-order valence-electron chi connectivity index (χ4n) is 4.00. The maximum atomic E-state index is 10.2. The highest BCUT2D eigenvalue weighted by Gasteiger charge is 2.23. The lowest BCUT2D eigenvalue weighted by atomic mass is 9.78. The molecule has 4 aromatic rings. The van der Waals surface area contributed by atoms with Crippen molar-refractivity contribution in [3.05, 3.63) is 120 Å². The van der Waals surface area contributed by atoms with E-state index in [4.69, 9.17) is 18.9 Å². The lowest BCUT2D eigenvalue weighted by Gasteiger charge is -2.26. The van der Waals surface area contributed by atoms with E-state index in [9.17, 15) is 10.2 Å². The Hall–Kier alpha value is -4.00. The Morgan fingerprint density at radius 3 is 1.05 bits per heavy atom. The molecule has 6 nitrogen and oxygen atoms in total. The van der Waals surface area contributed by atoms with Crippen molar-refractivity contribution in [2.45, 2.75) is 31.5 Å². The Bertz CT molecular complexity index is 1140. The summed E-state index contributed by atoms with van der Waals surface area (Å²) >= 11 is 0. The molecule has 39 heavy (non-hydrogen) atoms. The molecule has 0 saturated carbocycles. The van der Waals surface area contributed by atoms with Crippen LogP contribution in [0.25, 0.3) is 0 Å². The Balaban J connectivity index is 1.23. The molecule has 4 aromatic carbocycles. The quantitative estimate of drug-likeness (QED) is 0.220. The first-order chi connectivity index (χ1) is 18.9. The van der Waals surface area contributed by atoms with Gasteiger partial charge in [0.05, 0.1) is 0 Å². The highest BCUT2D eigenvalue weighted by molar-refractivity contribution is 5.42. The topological polar surface area (TPSA) is 77.4 Å². The molecule has 0 bridgehead atoms. The first-order valence-corrected chi connectivity index (χ1v) is 13.1. The fourth-order valence-corrected chi connectivity index (χ4v) is 4.00. The Morgan fingerprint density at radius 1 is 0.462 bits per heavy atom. The second kappa shape index (κ2) is 13.7. The van der Waals surface area contributed by atoms with Crippen molar-refractivity contribution in [2.75, 3.05) is 26.4 Å². The molecule has 0 aliphatic rings. The zero-order valence-corrected chi connectivity index (χ0v) is 22.4. The van der Waals surface area contributed by atoms with Crippen molar-refractivity contribution < 1.29 is 29.2 Å². The Kier molecular flexibility index (Phi) is 9.84. The van der Waals surface area contributed by atoms with E-state index in [1.165, 1.54) is 0 Å². The van der Waals surface area contributed by atoms with Crippen LogP contribution in [-0.4, -0.2) is 48.8 Å². The molecular weight excluding hydrogens is 492 g/mol. The van der Waals surface area contributed by atoms with Crippen molar-refractivity contribution in [3.8, 4) is 23.0 Å². The van der Waals surface area contributed by atoms with E-state index in [0.717, 1.165) is 11.1 Å². The van der Waals surface area contributed by atoms with Crippen LogP contribution >= 0.6 is 0 Å². The second-order valence-corrected chi connectivity index (χ2v) is 9.85. The van der Waals surface area contributed by atoms with Gasteiger partial charge in [0.2, 0.25) is 0 Å². The van der Waals surface area contributed by atoms with Gasteiger partial charge >= 0.3 is 0 Å². The fraction of sp³-hybridized carbons (Fsp3) is 0.273. The van der Waals surface area contributed by atoms with Crippen molar-refractivity contribution >= 4 is 0 Å². The average Bonchev–Trinajstić information content (AvgIpc) is 2.98. The molecule has 0 amide bonds. The summed E-state index contributed by atoms with van der Waals surface area (Å²) in [7, 11) is 0. The minimum absolute atomic E-state index is 0.143. The lowest BCUT2D eigenvalue weighted by molar-refractivity contribution is 0.0626. The molecular formula is C33H36O6. The maximum Gasteiger partial charge on any atom is 0.122 e. The van der Waals surface area contributed by atoms with Gasteiger partial charge in [-0.1, -0.05) is 74.5 Å². The van der Waals surface area contributed by atoms with Gasteiger partial charge in [-0.2, -0.15) is 0 Å². The SMILES string of the molecule is CC(C)(c1ccc(OCC(O)COc2ccccc2)cc1)c1ccc(OCC(O)COc2ccccc2)cc1. The van der Waals surface area contributed by atoms with Gasteiger partial charge in [0.1, 0.15) is 61.6 Å². The van der Waals surface area contributed by atoms with Crippen LogP contribution in [0.2, 0.25) is 0 Å². The summed E-state index contributed by atoms with van der Waals surface area (Å²) in [6.07, 6.45) is -1.47. The summed E-state index contributed by atoms with van der Waals surface area (Å²) in [6.45, 7) is 4.93. The first kappa shape index (κ1) is 28.0. The van der Waals surface area contributed by atoms with Crippen LogP contribution in [0.15, 0.2) is 109 Å². The van der Waals surface area contributed by atoms with Gasteiger partial charge in [-0.05, 0) is 59.7 Å². The van der Waals surface area contributed by atoms with Gasteiger partial charge < -0.3 is 29.2 Å².